The average Bonchev–Trinajstić information content (AvgIpc) is 2.55. The molecule has 160 valence electrons. The number of aliphatic carboxylic acids is 2. The van der Waals surface area contributed by atoms with E-state index < -0.39 is 79.9 Å². The molecule has 12 nitrogen and oxygen atoms in total. The molecule has 0 rings (SSSR count). The van der Waals surface area contributed by atoms with Gasteiger partial charge in [-0.1, -0.05) is 0 Å². The molecule has 0 aromatic heterocycles. The first-order chi connectivity index (χ1) is 12.8. The Morgan fingerprint density at radius 3 is 1.71 bits per heavy atom. The molecule has 0 radical (unpaired) electrons. The topological polar surface area (TPSA) is 194 Å². The van der Waals surface area contributed by atoms with Crippen LogP contribution in [-0.2, 0) is 38.2 Å². The molecule has 0 heterocycles. The number of carbonyl (C=O) groups excluding carboxylic acids is 3. The first-order valence-corrected chi connectivity index (χ1v) is 8.11. The summed E-state index contributed by atoms with van der Waals surface area (Å²) in [7, 11) is 0. The van der Waals surface area contributed by atoms with E-state index >= 15 is 0 Å². The summed E-state index contributed by atoms with van der Waals surface area (Å²) in [5, 5.41) is 36.2. The van der Waals surface area contributed by atoms with Gasteiger partial charge in [0.15, 0.2) is 5.60 Å². The number of carboxylic acid groups (broad SMARTS) is 2. The van der Waals surface area contributed by atoms with E-state index in [0.717, 1.165) is 13.8 Å². The van der Waals surface area contributed by atoms with Gasteiger partial charge in [0.1, 0.15) is 19.8 Å². The normalized spacial score (nSPS) is 14.9. The Morgan fingerprint density at radius 1 is 0.786 bits per heavy atom. The van der Waals surface area contributed by atoms with Crippen LogP contribution in [0.15, 0.2) is 0 Å². The fourth-order valence-electron chi connectivity index (χ4n) is 1.93. The minimum Gasteiger partial charge on any atom is -0.481 e. The van der Waals surface area contributed by atoms with Crippen LogP contribution in [0.2, 0.25) is 0 Å². The van der Waals surface area contributed by atoms with Gasteiger partial charge in [-0.15, -0.1) is 0 Å². The molecule has 2 unspecified atom stereocenters. The van der Waals surface area contributed by atoms with E-state index in [9.17, 15) is 29.1 Å². The number of esters is 3. The summed E-state index contributed by atoms with van der Waals surface area (Å²) in [4.78, 5) is 56.6. The standard InChI is InChI=1S/C16H24O12/c1-15(13(22)23,7-10(18)19)8-11(20)26-5-6-27-12(21)9-16(2,25)14(24)28-4-3-17/h17,25H,3-9H2,1-2H3,(H,18,19)(H,22,23). The van der Waals surface area contributed by atoms with Crippen molar-refractivity contribution in [3.8, 4) is 0 Å². The summed E-state index contributed by atoms with van der Waals surface area (Å²) in [6, 6.07) is 0. The zero-order valence-corrected chi connectivity index (χ0v) is 15.5. The third-order valence-corrected chi connectivity index (χ3v) is 3.45. The third kappa shape index (κ3) is 9.28. The molecular weight excluding hydrogens is 384 g/mol. The highest BCUT2D eigenvalue weighted by molar-refractivity contribution is 5.86. The second-order valence-corrected chi connectivity index (χ2v) is 6.36. The van der Waals surface area contributed by atoms with E-state index in [0.29, 0.717) is 0 Å². The molecule has 0 saturated carbocycles. The molecule has 0 aliphatic rings. The molecule has 0 aliphatic carbocycles. The molecular formula is C16H24O12. The van der Waals surface area contributed by atoms with Gasteiger partial charge in [-0.3, -0.25) is 19.2 Å². The Hall–Kier alpha value is -2.73. The molecule has 0 bridgehead atoms. The van der Waals surface area contributed by atoms with Crippen LogP contribution in [0.1, 0.15) is 33.1 Å². The Balaban J connectivity index is 4.35. The monoisotopic (exact) mass is 408 g/mol. The van der Waals surface area contributed by atoms with Crippen LogP contribution in [0.25, 0.3) is 0 Å². The predicted octanol–water partition coefficient (Wildman–Crippen LogP) is -1.29. The zero-order valence-electron chi connectivity index (χ0n) is 15.5. The number of hydrogen-bond acceptors (Lipinski definition) is 10. The first-order valence-electron chi connectivity index (χ1n) is 8.11. The van der Waals surface area contributed by atoms with Gasteiger partial charge in [-0.25, -0.2) is 4.79 Å². The summed E-state index contributed by atoms with van der Waals surface area (Å²) in [5.41, 5.74) is -4.03. The quantitative estimate of drug-likeness (QED) is 0.160. The Morgan fingerprint density at radius 2 is 1.29 bits per heavy atom. The van der Waals surface area contributed by atoms with Crippen molar-refractivity contribution in [1.29, 1.82) is 0 Å². The summed E-state index contributed by atoms with van der Waals surface area (Å²) >= 11 is 0. The van der Waals surface area contributed by atoms with Crippen LogP contribution in [0.4, 0.5) is 0 Å². The lowest BCUT2D eigenvalue weighted by Crippen LogP contribution is -2.40. The highest BCUT2D eigenvalue weighted by Crippen LogP contribution is 2.27. The van der Waals surface area contributed by atoms with Crippen molar-refractivity contribution in [2.24, 2.45) is 5.41 Å². The summed E-state index contributed by atoms with van der Waals surface area (Å²) in [5.74, 6) is -5.99. The average molecular weight is 408 g/mol. The number of aliphatic hydroxyl groups is 2. The van der Waals surface area contributed by atoms with Crippen LogP contribution in [0.3, 0.4) is 0 Å². The predicted molar refractivity (Wildman–Crippen MR) is 87.8 cm³/mol. The van der Waals surface area contributed by atoms with E-state index in [1.807, 2.05) is 0 Å². The molecule has 12 heteroatoms. The zero-order chi connectivity index (χ0) is 22.0. The van der Waals surface area contributed by atoms with Crippen molar-refractivity contribution in [2.75, 3.05) is 26.4 Å². The summed E-state index contributed by atoms with van der Waals surface area (Å²) in [6.07, 6.45) is -2.23. The molecule has 4 N–H and O–H groups in total. The van der Waals surface area contributed by atoms with E-state index in [4.69, 9.17) is 20.1 Å². The Bertz CT molecular complexity index is 596. The van der Waals surface area contributed by atoms with Crippen molar-refractivity contribution in [1.82, 2.24) is 0 Å². The van der Waals surface area contributed by atoms with Gasteiger partial charge in [0.2, 0.25) is 0 Å². The maximum Gasteiger partial charge on any atom is 0.338 e. The Labute approximate surface area is 160 Å². The van der Waals surface area contributed by atoms with E-state index in [-0.39, 0.29) is 6.61 Å². The van der Waals surface area contributed by atoms with Crippen molar-refractivity contribution in [3.63, 3.8) is 0 Å². The van der Waals surface area contributed by atoms with E-state index in [2.05, 4.69) is 9.47 Å². The molecule has 0 spiro atoms. The first kappa shape index (κ1) is 25.3. The molecule has 0 aromatic carbocycles. The number of rotatable bonds is 13. The van der Waals surface area contributed by atoms with Crippen LogP contribution >= 0.6 is 0 Å². The molecule has 0 saturated heterocycles. The van der Waals surface area contributed by atoms with E-state index in [1.165, 1.54) is 0 Å². The van der Waals surface area contributed by atoms with Crippen molar-refractivity contribution in [3.05, 3.63) is 0 Å². The molecule has 0 amide bonds. The van der Waals surface area contributed by atoms with Crippen molar-refractivity contribution < 1.29 is 58.6 Å². The lowest BCUT2D eigenvalue weighted by atomic mass is 9.83. The minimum atomic E-state index is -2.18. The van der Waals surface area contributed by atoms with Gasteiger partial charge in [0, 0.05) is 0 Å². The van der Waals surface area contributed by atoms with Gasteiger partial charge in [0.05, 0.1) is 31.3 Å². The fourth-order valence-corrected chi connectivity index (χ4v) is 1.93. The van der Waals surface area contributed by atoms with Gasteiger partial charge in [-0.05, 0) is 13.8 Å². The van der Waals surface area contributed by atoms with Crippen LogP contribution in [-0.4, -0.2) is 82.3 Å². The number of carboxylic acids is 2. The molecule has 0 aromatic rings. The lowest BCUT2D eigenvalue weighted by molar-refractivity contribution is -0.172. The number of ether oxygens (including phenoxy) is 3. The maximum atomic E-state index is 11.7. The van der Waals surface area contributed by atoms with Gasteiger partial charge in [-0.2, -0.15) is 0 Å². The SMILES string of the molecule is CC(O)(CC(=O)OCCOC(=O)CC(C)(CC(=O)O)C(=O)O)C(=O)OCCO. The number of aliphatic hydroxyl groups excluding tert-OH is 1. The van der Waals surface area contributed by atoms with Crippen LogP contribution < -0.4 is 0 Å². The fraction of sp³-hybridized carbons (Fsp3) is 0.688. The van der Waals surface area contributed by atoms with E-state index in [1.54, 1.807) is 0 Å². The second kappa shape index (κ2) is 11.2. The molecule has 0 fully saturated rings. The van der Waals surface area contributed by atoms with Gasteiger partial charge in [0.25, 0.3) is 0 Å². The van der Waals surface area contributed by atoms with Gasteiger partial charge >= 0.3 is 29.8 Å². The maximum absolute atomic E-state index is 11.7. The summed E-state index contributed by atoms with van der Waals surface area (Å²) < 4.78 is 13.9. The highest BCUT2D eigenvalue weighted by Gasteiger charge is 2.39. The Kier molecular flexibility index (Phi) is 10.1. The van der Waals surface area contributed by atoms with Crippen molar-refractivity contribution >= 4 is 29.8 Å². The molecule has 28 heavy (non-hydrogen) atoms. The largest absolute Gasteiger partial charge is 0.481 e. The smallest absolute Gasteiger partial charge is 0.338 e. The molecule has 0 aliphatic heterocycles. The molecule has 2 atom stereocenters. The number of hydrogen-bond donors (Lipinski definition) is 4. The summed E-state index contributed by atoms with van der Waals surface area (Å²) in [6.45, 7) is 0.424. The minimum absolute atomic E-state index is 0.350. The number of carbonyl (C=O) groups is 5. The van der Waals surface area contributed by atoms with Gasteiger partial charge < -0.3 is 34.6 Å². The third-order valence-electron chi connectivity index (χ3n) is 3.45. The highest BCUT2D eigenvalue weighted by atomic mass is 16.6. The van der Waals surface area contributed by atoms with Crippen LogP contribution in [0, 0.1) is 5.41 Å². The second-order valence-electron chi connectivity index (χ2n) is 6.36. The van der Waals surface area contributed by atoms with Crippen molar-refractivity contribution in [2.45, 2.75) is 38.7 Å². The van der Waals surface area contributed by atoms with Crippen LogP contribution in [0.5, 0.6) is 0 Å². The lowest BCUT2D eigenvalue weighted by Gasteiger charge is -2.21.